The van der Waals surface area contributed by atoms with Crippen LogP contribution >= 0.6 is 15.9 Å². The zero-order chi connectivity index (χ0) is 19.7. The van der Waals surface area contributed by atoms with Gasteiger partial charge in [0.05, 0.1) is 5.56 Å². The number of nitrogens with one attached hydrogen (secondary N) is 1. The molecule has 7 heteroatoms. The van der Waals surface area contributed by atoms with E-state index in [1.807, 2.05) is 34.6 Å². The highest BCUT2D eigenvalue weighted by Gasteiger charge is 2.39. The molecule has 0 radical (unpaired) electrons. The first-order valence-electron chi connectivity index (χ1n) is 8.63. The van der Waals surface area contributed by atoms with Gasteiger partial charge in [-0.15, -0.1) is 0 Å². The van der Waals surface area contributed by atoms with E-state index >= 15 is 0 Å². The summed E-state index contributed by atoms with van der Waals surface area (Å²) in [5.74, 6) is -1.01. The van der Waals surface area contributed by atoms with E-state index in [0.29, 0.717) is 24.0 Å². The molecule has 1 N–H and O–H groups in total. The molecule has 1 saturated heterocycles. The first-order valence-corrected chi connectivity index (χ1v) is 9.42. The van der Waals surface area contributed by atoms with E-state index in [9.17, 15) is 14.0 Å². The van der Waals surface area contributed by atoms with Crippen molar-refractivity contribution >= 4 is 27.9 Å². The summed E-state index contributed by atoms with van der Waals surface area (Å²) in [6.07, 6.45) is 0.227. The number of nitrogens with zero attached hydrogens (tertiary/aromatic N) is 1. The average Bonchev–Trinajstić information content (AvgIpc) is 2.47. The van der Waals surface area contributed by atoms with Crippen molar-refractivity contribution in [2.45, 2.75) is 52.7 Å². The van der Waals surface area contributed by atoms with Crippen molar-refractivity contribution in [2.24, 2.45) is 5.41 Å². The molecule has 1 fully saturated rings. The molecule has 1 atom stereocenters. The van der Waals surface area contributed by atoms with E-state index in [0.717, 1.165) is 0 Å². The van der Waals surface area contributed by atoms with E-state index < -0.39 is 17.3 Å². The van der Waals surface area contributed by atoms with Crippen molar-refractivity contribution in [3.05, 3.63) is 34.1 Å². The van der Waals surface area contributed by atoms with Gasteiger partial charge in [-0.2, -0.15) is 0 Å². The van der Waals surface area contributed by atoms with Crippen LogP contribution in [0.3, 0.4) is 0 Å². The lowest BCUT2D eigenvalue weighted by Gasteiger charge is -2.44. The Bertz CT molecular complexity index is 701. The average molecular weight is 429 g/mol. The Hall–Kier alpha value is -1.63. The fourth-order valence-corrected chi connectivity index (χ4v) is 3.35. The van der Waals surface area contributed by atoms with Crippen molar-refractivity contribution < 1.29 is 18.7 Å². The number of ether oxygens (including phenoxy) is 1. The fraction of sp³-hybridized carbons (Fsp3) is 0.579. The number of amides is 2. The maximum atomic E-state index is 14.0. The highest BCUT2D eigenvalue weighted by molar-refractivity contribution is 9.10. The Morgan fingerprint density at radius 3 is 2.54 bits per heavy atom. The van der Waals surface area contributed by atoms with Crippen LogP contribution in [0.4, 0.5) is 9.18 Å². The van der Waals surface area contributed by atoms with Gasteiger partial charge >= 0.3 is 6.09 Å². The molecule has 1 aromatic carbocycles. The van der Waals surface area contributed by atoms with Crippen LogP contribution in [0.2, 0.25) is 0 Å². The molecule has 1 aliphatic rings. The van der Waals surface area contributed by atoms with Gasteiger partial charge in [-0.1, -0.05) is 29.8 Å². The normalized spacial score (nSPS) is 19.8. The van der Waals surface area contributed by atoms with Crippen LogP contribution in [0.1, 0.15) is 51.4 Å². The predicted molar refractivity (Wildman–Crippen MR) is 102 cm³/mol. The number of rotatable bonds is 2. The third-order valence-corrected chi connectivity index (χ3v) is 4.86. The van der Waals surface area contributed by atoms with E-state index in [2.05, 4.69) is 21.2 Å². The maximum Gasteiger partial charge on any atom is 0.410 e. The lowest BCUT2D eigenvalue weighted by atomic mass is 9.79. The van der Waals surface area contributed by atoms with Gasteiger partial charge in [0.2, 0.25) is 0 Å². The van der Waals surface area contributed by atoms with Crippen molar-refractivity contribution in [2.75, 3.05) is 13.1 Å². The number of carbonyl (C=O) groups excluding carboxylic acids is 2. The molecule has 0 aromatic heterocycles. The zero-order valence-corrected chi connectivity index (χ0v) is 17.4. The van der Waals surface area contributed by atoms with E-state index in [1.54, 1.807) is 11.0 Å². The van der Waals surface area contributed by atoms with Gasteiger partial charge in [0.15, 0.2) is 0 Å². The summed E-state index contributed by atoms with van der Waals surface area (Å²) >= 11 is 3.18. The number of hydrogen-bond acceptors (Lipinski definition) is 3. The number of piperidine rings is 1. The van der Waals surface area contributed by atoms with Crippen molar-refractivity contribution in [3.63, 3.8) is 0 Å². The van der Waals surface area contributed by atoms with Crippen LogP contribution in [-0.4, -0.2) is 41.6 Å². The monoisotopic (exact) mass is 428 g/mol. The predicted octanol–water partition coefficient (Wildman–Crippen LogP) is 4.35. The molecule has 0 unspecified atom stereocenters. The SMILES string of the molecule is CC(C)(C)OC(=O)N1CC[C@@H](NC(=O)c2ccc(Br)cc2F)C(C)(C)C1. The van der Waals surface area contributed by atoms with Crippen LogP contribution < -0.4 is 5.32 Å². The van der Waals surface area contributed by atoms with E-state index in [-0.39, 0.29) is 23.1 Å². The van der Waals surface area contributed by atoms with E-state index in [4.69, 9.17) is 4.74 Å². The molecule has 1 heterocycles. The molecule has 144 valence electrons. The second kappa shape index (κ2) is 7.55. The Morgan fingerprint density at radius 1 is 1.35 bits per heavy atom. The molecule has 0 aliphatic carbocycles. The molecule has 1 aliphatic heterocycles. The Kier molecular flexibility index (Phi) is 6.00. The molecule has 2 rings (SSSR count). The van der Waals surface area contributed by atoms with E-state index in [1.165, 1.54) is 12.1 Å². The zero-order valence-electron chi connectivity index (χ0n) is 15.9. The summed E-state index contributed by atoms with van der Waals surface area (Å²) in [4.78, 5) is 26.4. The van der Waals surface area contributed by atoms with Crippen LogP contribution in [0.15, 0.2) is 22.7 Å². The Morgan fingerprint density at radius 2 is 2.00 bits per heavy atom. The number of halogens is 2. The quantitative estimate of drug-likeness (QED) is 0.761. The summed E-state index contributed by atoms with van der Waals surface area (Å²) in [6, 6.07) is 4.19. The number of likely N-dealkylation sites (tertiary alicyclic amines) is 1. The van der Waals surface area contributed by atoms with Crippen LogP contribution in [-0.2, 0) is 4.74 Å². The van der Waals surface area contributed by atoms with Gasteiger partial charge in [-0.3, -0.25) is 4.79 Å². The van der Waals surface area contributed by atoms with Gasteiger partial charge < -0.3 is 15.0 Å². The minimum absolute atomic E-state index is 0.0126. The van der Waals surface area contributed by atoms with Gasteiger partial charge in [0.25, 0.3) is 5.91 Å². The second-order valence-corrected chi connectivity index (χ2v) is 9.25. The highest BCUT2D eigenvalue weighted by atomic mass is 79.9. The van der Waals surface area contributed by atoms with Gasteiger partial charge in [-0.25, -0.2) is 9.18 Å². The standard InChI is InChI=1S/C19H26BrFN2O3/c1-18(2,3)26-17(25)23-9-8-15(19(4,5)11-23)22-16(24)13-7-6-12(20)10-14(13)21/h6-7,10,15H,8-9,11H2,1-5H3,(H,22,24)/t15-/m1/s1. The third kappa shape index (κ3) is 5.19. The van der Waals surface area contributed by atoms with Crippen molar-refractivity contribution in [1.29, 1.82) is 0 Å². The molecule has 0 saturated carbocycles. The summed E-state index contributed by atoms with van der Waals surface area (Å²) in [6.45, 7) is 10.4. The van der Waals surface area contributed by atoms with Crippen molar-refractivity contribution in [3.8, 4) is 0 Å². The Labute approximate surface area is 162 Å². The first kappa shape index (κ1) is 20.7. The Balaban J connectivity index is 2.04. The maximum absolute atomic E-state index is 14.0. The minimum Gasteiger partial charge on any atom is -0.444 e. The van der Waals surface area contributed by atoms with Crippen molar-refractivity contribution in [1.82, 2.24) is 10.2 Å². The summed E-state index contributed by atoms with van der Waals surface area (Å²) in [7, 11) is 0. The van der Waals surface area contributed by atoms with Crippen LogP contribution in [0.25, 0.3) is 0 Å². The van der Waals surface area contributed by atoms with Gasteiger partial charge in [-0.05, 0) is 45.4 Å². The molecule has 0 bridgehead atoms. The topological polar surface area (TPSA) is 58.6 Å². The molecular weight excluding hydrogens is 403 g/mol. The molecule has 1 aromatic rings. The van der Waals surface area contributed by atoms with Crippen LogP contribution in [0, 0.1) is 11.2 Å². The van der Waals surface area contributed by atoms with Gasteiger partial charge in [0.1, 0.15) is 11.4 Å². The lowest BCUT2D eigenvalue weighted by molar-refractivity contribution is 0.00269. The minimum atomic E-state index is -0.569. The fourth-order valence-electron chi connectivity index (χ4n) is 3.02. The number of benzene rings is 1. The number of hydrogen-bond donors (Lipinski definition) is 1. The molecule has 26 heavy (non-hydrogen) atoms. The summed E-state index contributed by atoms with van der Waals surface area (Å²) in [5.41, 5.74) is -0.902. The smallest absolute Gasteiger partial charge is 0.410 e. The number of carbonyl (C=O) groups is 2. The molecular formula is C19H26BrFN2O3. The molecule has 0 spiro atoms. The van der Waals surface area contributed by atoms with Gasteiger partial charge in [0, 0.05) is 29.0 Å². The summed E-state index contributed by atoms with van der Waals surface area (Å²) < 4.78 is 20.0. The molecule has 5 nitrogen and oxygen atoms in total. The first-order chi connectivity index (χ1) is 11.9. The lowest BCUT2D eigenvalue weighted by Crippen LogP contribution is -2.57. The largest absolute Gasteiger partial charge is 0.444 e. The molecule has 2 amide bonds. The summed E-state index contributed by atoms with van der Waals surface area (Å²) in [5, 5.41) is 2.92. The second-order valence-electron chi connectivity index (χ2n) is 8.33. The third-order valence-electron chi connectivity index (χ3n) is 4.36. The highest BCUT2D eigenvalue weighted by Crippen LogP contribution is 2.30. The van der Waals surface area contributed by atoms with Crippen LogP contribution in [0.5, 0.6) is 0 Å².